The van der Waals surface area contributed by atoms with Crippen LogP contribution in [0.5, 0.6) is 0 Å². The second kappa shape index (κ2) is 8.16. The molecule has 0 radical (unpaired) electrons. The van der Waals surface area contributed by atoms with Gasteiger partial charge in [0.1, 0.15) is 0 Å². The number of aryl methyl sites for hydroxylation is 1. The Morgan fingerprint density at radius 3 is 2.72 bits per heavy atom. The number of amides is 2. The number of rotatable bonds is 5. The van der Waals surface area contributed by atoms with Crippen molar-refractivity contribution >= 4 is 11.7 Å². The third-order valence-electron chi connectivity index (χ3n) is 4.59. The normalized spacial score (nSPS) is 18.1. The van der Waals surface area contributed by atoms with Crippen molar-refractivity contribution in [2.24, 2.45) is 13.0 Å². The first-order chi connectivity index (χ1) is 12.1. The molecule has 2 N–H and O–H groups in total. The number of carbonyl (C=O) groups excluding carboxylic acids is 1. The number of benzene rings is 1. The number of urea groups is 1. The van der Waals surface area contributed by atoms with E-state index in [0.29, 0.717) is 12.2 Å². The van der Waals surface area contributed by atoms with Crippen molar-refractivity contribution in [2.75, 3.05) is 18.4 Å². The van der Waals surface area contributed by atoms with Gasteiger partial charge in [-0.1, -0.05) is 31.2 Å². The molecule has 1 aliphatic rings. The molecule has 2 amide bonds. The Morgan fingerprint density at radius 2 is 2.04 bits per heavy atom. The molecule has 1 fully saturated rings. The van der Waals surface area contributed by atoms with Crippen molar-refractivity contribution in [3.05, 3.63) is 47.8 Å². The fourth-order valence-electron chi connectivity index (χ4n) is 3.29. The Bertz CT molecular complexity index is 694. The van der Waals surface area contributed by atoms with Crippen molar-refractivity contribution in [3.63, 3.8) is 0 Å². The smallest absolute Gasteiger partial charge is 0.319 e. The molecule has 134 valence electrons. The topological polar surface area (TPSA) is 62.2 Å². The van der Waals surface area contributed by atoms with Crippen LogP contribution in [0.2, 0.25) is 0 Å². The van der Waals surface area contributed by atoms with E-state index in [-0.39, 0.29) is 6.03 Å². The average molecular weight is 341 g/mol. The first-order valence-corrected chi connectivity index (χ1v) is 8.92. The van der Waals surface area contributed by atoms with Gasteiger partial charge in [0, 0.05) is 32.9 Å². The Morgan fingerprint density at radius 1 is 1.28 bits per heavy atom. The summed E-state index contributed by atoms with van der Waals surface area (Å²) in [5.74, 6) is 0.801. The van der Waals surface area contributed by atoms with Crippen LogP contribution in [0.4, 0.5) is 10.5 Å². The highest BCUT2D eigenvalue weighted by molar-refractivity contribution is 5.88. The number of hydrogen-bond donors (Lipinski definition) is 2. The Kier molecular flexibility index (Phi) is 5.71. The average Bonchev–Trinajstić information content (AvgIpc) is 2.99. The molecule has 0 unspecified atom stereocenters. The standard InChI is InChI=1S/C19H27N5O/c1-15-4-3-9-24(12-15)13-17-7-5-16(6-8-17)10-20-19(25)22-18-11-21-23(2)14-18/h5-8,11,14-15H,3-4,9-10,12-13H2,1-2H3,(H2,20,22,25)/t15-/m1/s1. The minimum absolute atomic E-state index is 0.223. The second-order valence-electron chi connectivity index (χ2n) is 7.01. The maximum Gasteiger partial charge on any atom is 0.319 e. The van der Waals surface area contributed by atoms with Crippen LogP contribution >= 0.6 is 0 Å². The molecule has 6 heteroatoms. The molecule has 2 heterocycles. The zero-order valence-electron chi connectivity index (χ0n) is 15.0. The van der Waals surface area contributed by atoms with E-state index in [9.17, 15) is 4.79 Å². The first-order valence-electron chi connectivity index (χ1n) is 8.92. The molecule has 1 aromatic carbocycles. The van der Waals surface area contributed by atoms with Crippen LogP contribution in [0.15, 0.2) is 36.7 Å². The second-order valence-corrected chi connectivity index (χ2v) is 7.01. The van der Waals surface area contributed by atoms with Gasteiger partial charge in [-0.3, -0.25) is 9.58 Å². The van der Waals surface area contributed by atoms with E-state index >= 15 is 0 Å². The third-order valence-corrected chi connectivity index (χ3v) is 4.59. The van der Waals surface area contributed by atoms with E-state index in [1.54, 1.807) is 17.1 Å². The molecule has 0 spiro atoms. The molecule has 3 rings (SSSR count). The number of nitrogens with zero attached hydrogens (tertiary/aromatic N) is 3. The molecule has 1 atom stereocenters. The molecular weight excluding hydrogens is 314 g/mol. The maximum absolute atomic E-state index is 11.9. The van der Waals surface area contributed by atoms with E-state index in [1.807, 2.05) is 7.05 Å². The van der Waals surface area contributed by atoms with E-state index in [4.69, 9.17) is 0 Å². The fourth-order valence-corrected chi connectivity index (χ4v) is 3.29. The summed E-state index contributed by atoms with van der Waals surface area (Å²) in [7, 11) is 1.81. The van der Waals surface area contributed by atoms with Crippen LogP contribution in [0, 0.1) is 5.92 Å². The van der Waals surface area contributed by atoms with Crippen molar-refractivity contribution in [3.8, 4) is 0 Å². The van der Waals surface area contributed by atoms with Gasteiger partial charge in [0.25, 0.3) is 0 Å². The molecule has 6 nitrogen and oxygen atoms in total. The van der Waals surface area contributed by atoms with E-state index in [1.165, 1.54) is 31.5 Å². The van der Waals surface area contributed by atoms with Gasteiger partial charge in [-0.25, -0.2) is 4.79 Å². The summed E-state index contributed by atoms with van der Waals surface area (Å²) in [5.41, 5.74) is 3.11. The summed E-state index contributed by atoms with van der Waals surface area (Å²) in [6.07, 6.45) is 6.03. The van der Waals surface area contributed by atoms with E-state index in [0.717, 1.165) is 18.0 Å². The van der Waals surface area contributed by atoms with Crippen molar-refractivity contribution in [2.45, 2.75) is 32.9 Å². The molecule has 25 heavy (non-hydrogen) atoms. The number of piperidine rings is 1. The van der Waals surface area contributed by atoms with Crippen LogP contribution in [-0.4, -0.2) is 33.8 Å². The van der Waals surface area contributed by atoms with Gasteiger partial charge in [0.2, 0.25) is 0 Å². The lowest BCUT2D eigenvalue weighted by Gasteiger charge is -2.30. The summed E-state index contributed by atoms with van der Waals surface area (Å²) in [6, 6.07) is 8.28. The predicted molar refractivity (Wildman–Crippen MR) is 99.2 cm³/mol. The highest BCUT2D eigenvalue weighted by atomic mass is 16.2. The van der Waals surface area contributed by atoms with Gasteiger partial charge in [-0.2, -0.15) is 5.10 Å². The SMILES string of the molecule is C[C@@H]1CCCN(Cc2ccc(CNC(=O)Nc3cnn(C)c3)cc2)C1. The summed E-state index contributed by atoms with van der Waals surface area (Å²) in [6.45, 7) is 6.24. The van der Waals surface area contributed by atoms with Crippen LogP contribution < -0.4 is 10.6 Å². The maximum atomic E-state index is 11.9. The summed E-state index contributed by atoms with van der Waals surface area (Å²) >= 11 is 0. The molecular formula is C19H27N5O. The lowest BCUT2D eigenvalue weighted by Crippen LogP contribution is -2.33. The van der Waals surface area contributed by atoms with Crippen molar-refractivity contribution in [1.29, 1.82) is 0 Å². The first kappa shape index (κ1) is 17.5. The minimum Gasteiger partial charge on any atom is -0.334 e. The monoisotopic (exact) mass is 341 g/mol. The highest BCUT2D eigenvalue weighted by Gasteiger charge is 2.16. The highest BCUT2D eigenvalue weighted by Crippen LogP contribution is 2.18. The zero-order chi connectivity index (χ0) is 17.6. The molecule has 2 aromatic rings. The predicted octanol–water partition coefficient (Wildman–Crippen LogP) is 2.97. The molecule has 0 saturated carbocycles. The minimum atomic E-state index is -0.223. The molecule has 1 saturated heterocycles. The van der Waals surface area contributed by atoms with Gasteiger partial charge in [0.05, 0.1) is 11.9 Å². The quantitative estimate of drug-likeness (QED) is 0.879. The van der Waals surface area contributed by atoms with Crippen LogP contribution in [0.1, 0.15) is 30.9 Å². The number of nitrogens with one attached hydrogen (secondary N) is 2. The molecule has 0 aliphatic carbocycles. The number of aromatic nitrogens is 2. The largest absolute Gasteiger partial charge is 0.334 e. The number of hydrogen-bond acceptors (Lipinski definition) is 3. The summed E-state index contributed by atoms with van der Waals surface area (Å²) < 4.78 is 1.65. The molecule has 1 aliphatic heterocycles. The van der Waals surface area contributed by atoms with E-state index in [2.05, 4.69) is 51.8 Å². The van der Waals surface area contributed by atoms with Crippen LogP contribution in [0.25, 0.3) is 0 Å². The van der Waals surface area contributed by atoms with Gasteiger partial charge >= 0.3 is 6.03 Å². The number of carbonyl (C=O) groups is 1. The van der Waals surface area contributed by atoms with Crippen LogP contribution in [0.3, 0.4) is 0 Å². The zero-order valence-corrected chi connectivity index (χ0v) is 15.0. The third kappa shape index (κ3) is 5.32. The van der Waals surface area contributed by atoms with Crippen molar-refractivity contribution < 1.29 is 4.79 Å². The van der Waals surface area contributed by atoms with E-state index < -0.39 is 0 Å². The van der Waals surface area contributed by atoms with Crippen molar-refractivity contribution in [1.82, 2.24) is 20.0 Å². The number of likely N-dealkylation sites (tertiary alicyclic amines) is 1. The Labute approximate surface area is 149 Å². The summed E-state index contributed by atoms with van der Waals surface area (Å²) in [5, 5.41) is 9.65. The Hall–Kier alpha value is -2.34. The van der Waals surface area contributed by atoms with Crippen LogP contribution in [-0.2, 0) is 20.1 Å². The molecule has 1 aromatic heterocycles. The van der Waals surface area contributed by atoms with Gasteiger partial charge in [0.15, 0.2) is 0 Å². The fraction of sp³-hybridized carbons (Fsp3) is 0.474. The number of anilines is 1. The lowest BCUT2D eigenvalue weighted by molar-refractivity contribution is 0.176. The Balaban J connectivity index is 1.45. The van der Waals surface area contributed by atoms with Gasteiger partial charge in [-0.05, 0) is 36.4 Å². The molecule has 0 bridgehead atoms. The van der Waals surface area contributed by atoms with Gasteiger partial charge in [-0.15, -0.1) is 0 Å². The summed E-state index contributed by atoms with van der Waals surface area (Å²) in [4.78, 5) is 14.4. The van der Waals surface area contributed by atoms with Gasteiger partial charge < -0.3 is 10.6 Å². The lowest BCUT2D eigenvalue weighted by atomic mass is 9.99.